The van der Waals surface area contributed by atoms with E-state index in [4.69, 9.17) is 31.8 Å². The first-order valence-corrected chi connectivity index (χ1v) is 12.7. The topological polar surface area (TPSA) is 115 Å². The molecule has 0 aromatic heterocycles. The number of allylic oxidation sites excluding steroid dienone is 1. The first-order chi connectivity index (χ1) is 16.9. The minimum atomic E-state index is -0.449. The summed E-state index contributed by atoms with van der Waals surface area (Å²) in [6, 6.07) is 7.63. The van der Waals surface area contributed by atoms with Crippen molar-refractivity contribution in [2.75, 3.05) is 20.8 Å². The second kappa shape index (κ2) is 13.6. The molecule has 2 fully saturated rings. The molecule has 4 N–H and O–H groups in total. The first-order valence-electron chi connectivity index (χ1n) is 12.3. The third-order valence-corrected chi connectivity index (χ3v) is 7.03. The van der Waals surface area contributed by atoms with Crippen LogP contribution in [0.15, 0.2) is 40.5 Å². The fraction of sp³-hybridized carbons (Fsp3) is 0.577. The number of rotatable bonds is 11. The average Bonchev–Trinajstić information content (AvgIpc) is 3.28. The molecule has 2 aliphatic rings. The molecule has 1 heterocycles. The van der Waals surface area contributed by atoms with E-state index >= 15 is 0 Å². The zero-order chi connectivity index (χ0) is 25.2. The zero-order valence-corrected chi connectivity index (χ0v) is 21.4. The summed E-state index contributed by atoms with van der Waals surface area (Å²) in [5, 5.41) is 6.59. The van der Waals surface area contributed by atoms with Crippen LogP contribution in [0.25, 0.3) is 0 Å². The number of hydrogen-bond acceptors (Lipinski definition) is 6. The number of carbonyl (C=O) groups excluding carboxylic acids is 2. The maximum Gasteiger partial charge on any atom is 0.267 e. The highest BCUT2D eigenvalue weighted by atomic mass is 35.5. The van der Waals surface area contributed by atoms with Crippen LogP contribution in [0, 0.1) is 5.92 Å². The van der Waals surface area contributed by atoms with Crippen molar-refractivity contribution >= 4 is 29.1 Å². The summed E-state index contributed by atoms with van der Waals surface area (Å²) in [5.41, 5.74) is 9.17. The van der Waals surface area contributed by atoms with Gasteiger partial charge >= 0.3 is 0 Å². The van der Waals surface area contributed by atoms with Gasteiger partial charge in [0.15, 0.2) is 6.29 Å². The van der Waals surface area contributed by atoms with Crippen LogP contribution in [-0.2, 0) is 25.6 Å². The third-order valence-electron chi connectivity index (χ3n) is 6.78. The van der Waals surface area contributed by atoms with Gasteiger partial charge in [0, 0.05) is 49.5 Å². The van der Waals surface area contributed by atoms with E-state index in [1.807, 2.05) is 12.1 Å². The van der Waals surface area contributed by atoms with Crippen molar-refractivity contribution in [3.63, 3.8) is 0 Å². The van der Waals surface area contributed by atoms with Crippen LogP contribution < -0.4 is 16.4 Å². The van der Waals surface area contributed by atoms with Gasteiger partial charge in [-0.15, -0.1) is 0 Å². The molecule has 192 valence electrons. The maximum atomic E-state index is 12.8. The van der Waals surface area contributed by atoms with Crippen LogP contribution in [0.4, 0.5) is 0 Å². The summed E-state index contributed by atoms with van der Waals surface area (Å²) < 4.78 is 10.6. The third kappa shape index (κ3) is 8.33. The highest BCUT2D eigenvalue weighted by molar-refractivity contribution is 6.30. The molecule has 1 aromatic rings. The lowest BCUT2D eigenvalue weighted by Crippen LogP contribution is -2.32. The Kier molecular flexibility index (Phi) is 10.6. The number of nitrogens with one attached hydrogen (secondary N) is 2. The SMILES string of the molecule is COC(CN=C1CC(CCC[C@H]2CCC(=O)N2)CCC1=C(N)C(=O)NCc1ccc(Cl)cc1)OC. The molecule has 0 spiro atoms. The quantitative estimate of drug-likeness (QED) is 0.315. The van der Waals surface area contributed by atoms with Crippen molar-refractivity contribution in [2.45, 2.75) is 70.2 Å². The van der Waals surface area contributed by atoms with Crippen LogP contribution in [0.1, 0.15) is 56.9 Å². The smallest absolute Gasteiger partial charge is 0.267 e. The van der Waals surface area contributed by atoms with Crippen molar-refractivity contribution in [3.8, 4) is 0 Å². The van der Waals surface area contributed by atoms with Crippen molar-refractivity contribution in [1.82, 2.24) is 10.6 Å². The summed E-state index contributed by atoms with van der Waals surface area (Å²) in [5.74, 6) is 0.323. The lowest BCUT2D eigenvalue weighted by molar-refractivity contribution is -0.119. The van der Waals surface area contributed by atoms with Crippen LogP contribution >= 0.6 is 11.6 Å². The molecular formula is C26H37ClN4O4. The molecule has 1 aliphatic heterocycles. The van der Waals surface area contributed by atoms with Crippen molar-refractivity contribution in [2.24, 2.45) is 16.6 Å². The minimum Gasteiger partial charge on any atom is -0.394 e. The lowest BCUT2D eigenvalue weighted by Gasteiger charge is -2.27. The van der Waals surface area contributed by atoms with Gasteiger partial charge in [-0.25, -0.2) is 0 Å². The monoisotopic (exact) mass is 504 g/mol. The number of methoxy groups -OCH3 is 2. The number of nitrogens with two attached hydrogens (primary N) is 1. The van der Waals surface area contributed by atoms with Gasteiger partial charge in [0.05, 0.1) is 6.54 Å². The largest absolute Gasteiger partial charge is 0.394 e. The Morgan fingerprint density at radius 2 is 1.94 bits per heavy atom. The minimum absolute atomic E-state index is 0.160. The Morgan fingerprint density at radius 1 is 1.20 bits per heavy atom. The number of carbonyl (C=O) groups is 2. The Morgan fingerprint density at radius 3 is 2.60 bits per heavy atom. The Labute approximate surface area is 212 Å². The molecule has 0 bridgehead atoms. The summed E-state index contributed by atoms with van der Waals surface area (Å²) >= 11 is 5.93. The van der Waals surface area contributed by atoms with E-state index in [-0.39, 0.29) is 17.5 Å². The molecule has 1 aliphatic carbocycles. The van der Waals surface area contributed by atoms with Crippen molar-refractivity contribution in [3.05, 3.63) is 46.1 Å². The normalized spacial score (nSPS) is 23.0. The predicted octanol–water partition coefficient (Wildman–Crippen LogP) is 3.48. The summed E-state index contributed by atoms with van der Waals surface area (Å²) in [6.45, 7) is 0.707. The number of aliphatic imine (C=N–C) groups is 1. The fourth-order valence-electron chi connectivity index (χ4n) is 4.68. The predicted molar refractivity (Wildman–Crippen MR) is 137 cm³/mol. The average molecular weight is 505 g/mol. The summed E-state index contributed by atoms with van der Waals surface area (Å²) in [4.78, 5) is 29.0. The Bertz CT molecular complexity index is 928. The fourth-order valence-corrected chi connectivity index (χ4v) is 4.81. The molecule has 1 saturated heterocycles. The molecule has 1 aromatic carbocycles. The van der Waals surface area contributed by atoms with Gasteiger partial charge in [0.25, 0.3) is 5.91 Å². The molecule has 0 radical (unpaired) electrons. The highest BCUT2D eigenvalue weighted by Crippen LogP contribution is 2.32. The van der Waals surface area contributed by atoms with E-state index in [1.54, 1.807) is 26.4 Å². The molecule has 3 rings (SSSR count). The van der Waals surface area contributed by atoms with E-state index in [2.05, 4.69) is 10.6 Å². The zero-order valence-electron chi connectivity index (χ0n) is 20.6. The van der Waals surface area contributed by atoms with Gasteiger partial charge in [0.2, 0.25) is 5.91 Å². The molecule has 8 nitrogen and oxygen atoms in total. The standard InChI is InChI=1S/C26H37ClN4O4/c1-34-24(35-2)16-29-22-14-17(4-3-5-20-11-13-23(32)31-20)8-12-21(22)25(28)26(33)30-15-18-6-9-19(27)10-7-18/h6-7,9-10,17,20,24H,3-5,8,11-16,28H2,1-2H3,(H,30,33)(H,31,32)/t17?,20-/m0/s1. The molecule has 1 saturated carbocycles. The summed E-state index contributed by atoms with van der Waals surface area (Å²) in [6.07, 6.45) is 6.65. The molecule has 2 atom stereocenters. The van der Waals surface area contributed by atoms with Crippen molar-refractivity contribution in [1.29, 1.82) is 0 Å². The van der Waals surface area contributed by atoms with Crippen LogP contribution in [-0.4, -0.2) is 50.6 Å². The molecule has 1 unspecified atom stereocenters. The van der Waals surface area contributed by atoms with Crippen molar-refractivity contribution < 1.29 is 19.1 Å². The Hall–Kier alpha value is -2.42. The molecule has 35 heavy (non-hydrogen) atoms. The van der Waals surface area contributed by atoms with Gasteiger partial charge in [-0.2, -0.15) is 0 Å². The number of halogens is 1. The molecule has 2 amide bonds. The van der Waals surface area contributed by atoms with Crippen LogP contribution in [0.5, 0.6) is 0 Å². The van der Waals surface area contributed by atoms with E-state index < -0.39 is 6.29 Å². The van der Waals surface area contributed by atoms with Gasteiger partial charge in [-0.3, -0.25) is 14.6 Å². The summed E-state index contributed by atoms with van der Waals surface area (Å²) in [7, 11) is 3.16. The number of hydrogen-bond donors (Lipinski definition) is 3. The molecule has 9 heteroatoms. The lowest BCUT2D eigenvalue weighted by atomic mass is 9.80. The van der Waals surface area contributed by atoms with E-state index in [1.165, 1.54) is 0 Å². The van der Waals surface area contributed by atoms with E-state index in [0.717, 1.165) is 55.4 Å². The van der Waals surface area contributed by atoms with Gasteiger partial charge in [0.1, 0.15) is 5.70 Å². The van der Waals surface area contributed by atoms with Crippen LogP contribution in [0.2, 0.25) is 5.02 Å². The van der Waals surface area contributed by atoms with Gasteiger partial charge < -0.3 is 25.8 Å². The second-order valence-electron chi connectivity index (χ2n) is 9.23. The Balaban J connectivity index is 1.63. The number of nitrogens with zero attached hydrogens (tertiary/aromatic N) is 1. The van der Waals surface area contributed by atoms with Gasteiger partial charge in [-0.1, -0.05) is 30.2 Å². The van der Waals surface area contributed by atoms with E-state index in [9.17, 15) is 9.59 Å². The maximum absolute atomic E-state index is 12.8. The van der Waals surface area contributed by atoms with Crippen LogP contribution in [0.3, 0.4) is 0 Å². The number of benzene rings is 1. The van der Waals surface area contributed by atoms with E-state index in [0.29, 0.717) is 42.9 Å². The number of amides is 2. The second-order valence-corrected chi connectivity index (χ2v) is 9.67. The number of ether oxygens (including phenoxy) is 2. The highest BCUT2D eigenvalue weighted by Gasteiger charge is 2.27. The first kappa shape index (κ1) is 27.2. The van der Waals surface area contributed by atoms with Gasteiger partial charge in [-0.05, 0) is 62.1 Å². The molecular weight excluding hydrogens is 468 g/mol.